The molecule has 3 rings (SSSR count). The third kappa shape index (κ3) is 4.27. The fraction of sp³-hybridized carbons (Fsp3) is 0.471. The monoisotopic (exact) mass is 344 g/mol. The Labute approximate surface area is 146 Å². The van der Waals surface area contributed by atoms with Crippen molar-refractivity contribution in [2.45, 2.75) is 19.9 Å². The molecule has 3 N–H and O–H groups in total. The Hall–Kier alpha value is -2.61. The highest BCUT2D eigenvalue weighted by Crippen LogP contribution is 2.21. The van der Waals surface area contributed by atoms with E-state index >= 15 is 0 Å². The number of aromatic amines is 1. The highest BCUT2D eigenvalue weighted by Gasteiger charge is 2.23. The maximum atomic E-state index is 12.5. The number of fused-ring (bicyclic) bond motifs is 1. The molecule has 2 aromatic rings. The number of nitrogens with one attached hydrogen (secondary N) is 3. The summed E-state index contributed by atoms with van der Waals surface area (Å²) >= 11 is 0. The number of piperazine rings is 1. The van der Waals surface area contributed by atoms with Crippen LogP contribution in [0.15, 0.2) is 24.4 Å². The highest BCUT2D eigenvalue weighted by atomic mass is 16.2. The number of aromatic nitrogens is 2. The molecule has 0 radical (unpaired) electrons. The van der Waals surface area contributed by atoms with Gasteiger partial charge in [-0.2, -0.15) is 5.10 Å². The summed E-state index contributed by atoms with van der Waals surface area (Å²) in [5.74, 6) is 0.0273. The summed E-state index contributed by atoms with van der Waals surface area (Å²) in [5, 5.41) is 13.6. The summed E-state index contributed by atoms with van der Waals surface area (Å²) in [6.45, 7) is 6.84. The molecule has 0 spiro atoms. The lowest BCUT2D eigenvalue weighted by atomic mass is 10.2. The average Bonchev–Trinajstić information content (AvgIpc) is 3.04. The van der Waals surface area contributed by atoms with E-state index in [0.29, 0.717) is 32.7 Å². The number of nitrogens with zero attached hydrogens (tertiary/aromatic N) is 3. The first-order valence-corrected chi connectivity index (χ1v) is 8.52. The van der Waals surface area contributed by atoms with E-state index in [1.807, 2.05) is 32.0 Å². The fourth-order valence-corrected chi connectivity index (χ4v) is 2.95. The van der Waals surface area contributed by atoms with Crippen LogP contribution in [-0.2, 0) is 4.79 Å². The van der Waals surface area contributed by atoms with E-state index in [1.54, 1.807) is 11.1 Å². The molecular weight excluding hydrogens is 320 g/mol. The van der Waals surface area contributed by atoms with Crippen LogP contribution in [0.4, 0.5) is 10.5 Å². The predicted octanol–water partition coefficient (Wildman–Crippen LogP) is 1.24. The number of anilines is 1. The summed E-state index contributed by atoms with van der Waals surface area (Å²) in [5.41, 5.74) is 1.63. The van der Waals surface area contributed by atoms with Crippen LogP contribution in [0, 0.1) is 0 Å². The van der Waals surface area contributed by atoms with Crippen LogP contribution >= 0.6 is 0 Å². The van der Waals surface area contributed by atoms with Crippen molar-refractivity contribution in [1.29, 1.82) is 0 Å². The zero-order valence-electron chi connectivity index (χ0n) is 14.6. The van der Waals surface area contributed by atoms with Crippen molar-refractivity contribution in [3.8, 4) is 0 Å². The lowest BCUT2D eigenvalue weighted by Crippen LogP contribution is -2.52. The van der Waals surface area contributed by atoms with Crippen molar-refractivity contribution in [3.05, 3.63) is 24.4 Å². The molecule has 1 aliphatic rings. The Morgan fingerprint density at radius 2 is 2.00 bits per heavy atom. The van der Waals surface area contributed by atoms with Crippen molar-refractivity contribution < 1.29 is 9.59 Å². The molecule has 2 heterocycles. The smallest absolute Gasteiger partial charge is 0.321 e. The molecule has 25 heavy (non-hydrogen) atoms. The topological polar surface area (TPSA) is 93.4 Å². The number of carbonyl (C=O) groups excluding carboxylic acids is 2. The van der Waals surface area contributed by atoms with Crippen molar-refractivity contribution >= 4 is 28.5 Å². The third-order valence-corrected chi connectivity index (χ3v) is 4.20. The largest absolute Gasteiger partial charge is 0.353 e. The Kier molecular flexibility index (Phi) is 5.18. The summed E-state index contributed by atoms with van der Waals surface area (Å²) in [6, 6.07) is 5.67. The van der Waals surface area contributed by atoms with Gasteiger partial charge in [-0.1, -0.05) is 6.07 Å². The van der Waals surface area contributed by atoms with Gasteiger partial charge in [0.1, 0.15) is 0 Å². The molecule has 8 heteroatoms. The zero-order valence-corrected chi connectivity index (χ0v) is 14.6. The van der Waals surface area contributed by atoms with Gasteiger partial charge in [-0.3, -0.25) is 14.8 Å². The number of benzene rings is 1. The van der Waals surface area contributed by atoms with Crippen LogP contribution in [0.2, 0.25) is 0 Å². The Morgan fingerprint density at radius 3 is 2.72 bits per heavy atom. The SMILES string of the molecule is CC(C)NC(=O)CN1CCN(C(=O)Nc2cccc3[nH]ncc23)CC1. The number of hydrogen-bond donors (Lipinski definition) is 3. The van der Waals surface area contributed by atoms with Gasteiger partial charge in [0.2, 0.25) is 5.91 Å². The van der Waals surface area contributed by atoms with Gasteiger partial charge in [0.25, 0.3) is 0 Å². The maximum absolute atomic E-state index is 12.5. The Balaban J connectivity index is 1.52. The van der Waals surface area contributed by atoms with Gasteiger partial charge in [0, 0.05) is 37.6 Å². The molecule has 0 aliphatic carbocycles. The first-order valence-electron chi connectivity index (χ1n) is 8.52. The minimum atomic E-state index is -0.125. The molecule has 8 nitrogen and oxygen atoms in total. The standard InChI is InChI=1S/C17H24N6O2/c1-12(2)19-16(24)11-22-6-8-23(9-7-22)17(25)20-14-4-3-5-15-13(14)10-18-21-15/h3-5,10,12H,6-9,11H2,1-2H3,(H,18,21)(H,19,24)(H,20,25). The second-order valence-corrected chi connectivity index (χ2v) is 6.55. The van der Waals surface area contributed by atoms with Gasteiger partial charge < -0.3 is 15.5 Å². The number of carbonyl (C=O) groups is 2. The van der Waals surface area contributed by atoms with Crippen LogP contribution in [0.3, 0.4) is 0 Å². The van der Waals surface area contributed by atoms with Gasteiger partial charge in [-0.25, -0.2) is 4.79 Å². The molecule has 3 amide bonds. The first-order chi connectivity index (χ1) is 12.0. The maximum Gasteiger partial charge on any atom is 0.321 e. The summed E-state index contributed by atoms with van der Waals surface area (Å²) in [4.78, 5) is 28.2. The van der Waals surface area contributed by atoms with E-state index in [0.717, 1.165) is 16.6 Å². The summed E-state index contributed by atoms with van der Waals surface area (Å²) in [7, 11) is 0. The predicted molar refractivity (Wildman–Crippen MR) is 96.4 cm³/mol. The normalized spacial score (nSPS) is 15.6. The summed E-state index contributed by atoms with van der Waals surface area (Å²) < 4.78 is 0. The molecule has 1 aliphatic heterocycles. The molecule has 0 saturated carbocycles. The molecule has 1 aromatic heterocycles. The minimum Gasteiger partial charge on any atom is -0.353 e. The number of rotatable bonds is 4. The molecule has 0 unspecified atom stereocenters. The van der Waals surface area contributed by atoms with E-state index in [2.05, 4.69) is 25.7 Å². The van der Waals surface area contributed by atoms with Crippen molar-refractivity contribution in [1.82, 2.24) is 25.3 Å². The first kappa shape index (κ1) is 17.2. The van der Waals surface area contributed by atoms with Gasteiger partial charge in [0.05, 0.1) is 23.9 Å². The molecule has 1 fully saturated rings. The van der Waals surface area contributed by atoms with E-state index < -0.39 is 0 Å². The van der Waals surface area contributed by atoms with E-state index in [-0.39, 0.29) is 18.0 Å². The molecule has 0 bridgehead atoms. The third-order valence-electron chi connectivity index (χ3n) is 4.20. The Bertz CT molecular complexity index is 748. The fourth-order valence-electron chi connectivity index (χ4n) is 2.95. The quantitative estimate of drug-likeness (QED) is 0.778. The molecule has 134 valence electrons. The lowest BCUT2D eigenvalue weighted by Gasteiger charge is -2.34. The Morgan fingerprint density at radius 1 is 1.24 bits per heavy atom. The van der Waals surface area contributed by atoms with Gasteiger partial charge >= 0.3 is 6.03 Å². The van der Waals surface area contributed by atoms with E-state index in [1.165, 1.54) is 0 Å². The number of hydrogen-bond acceptors (Lipinski definition) is 4. The van der Waals surface area contributed by atoms with Crippen LogP contribution < -0.4 is 10.6 Å². The van der Waals surface area contributed by atoms with Crippen LogP contribution in [0.5, 0.6) is 0 Å². The van der Waals surface area contributed by atoms with Crippen LogP contribution in [-0.4, -0.2) is 70.7 Å². The molecule has 1 aromatic carbocycles. The number of urea groups is 1. The second kappa shape index (κ2) is 7.52. The zero-order chi connectivity index (χ0) is 17.8. The molecular formula is C17H24N6O2. The van der Waals surface area contributed by atoms with Crippen molar-refractivity contribution in [2.24, 2.45) is 0 Å². The van der Waals surface area contributed by atoms with Crippen LogP contribution in [0.1, 0.15) is 13.8 Å². The number of amides is 3. The van der Waals surface area contributed by atoms with Gasteiger partial charge in [0.15, 0.2) is 0 Å². The van der Waals surface area contributed by atoms with Gasteiger partial charge in [-0.05, 0) is 26.0 Å². The van der Waals surface area contributed by atoms with E-state index in [4.69, 9.17) is 0 Å². The second-order valence-electron chi connectivity index (χ2n) is 6.55. The summed E-state index contributed by atoms with van der Waals surface area (Å²) in [6.07, 6.45) is 1.70. The van der Waals surface area contributed by atoms with Crippen molar-refractivity contribution in [2.75, 3.05) is 38.0 Å². The minimum absolute atomic E-state index is 0.0273. The van der Waals surface area contributed by atoms with E-state index in [9.17, 15) is 9.59 Å². The molecule has 1 saturated heterocycles. The number of H-pyrrole nitrogens is 1. The van der Waals surface area contributed by atoms with Gasteiger partial charge in [-0.15, -0.1) is 0 Å². The highest BCUT2D eigenvalue weighted by molar-refractivity contribution is 6.00. The van der Waals surface area contributed by atoms with Crippen molar-refractivity contribution in [3.63, 3.8) is 0 Å². The molecule has 0 atom stereocenters. The lowest BCUT2D eigenvalue weighted by molar-refractivity contribution is -0.123. The van der Waals surface area contributed by atoms with Crippen LogP contribution in [0.25, 0.3) is 10.9 Å². The average molecular weight is 344 g/mol.